The zero-order valence-electron chi connectivity index (χ0n) is 31.8. The first-order chi connectivity index (χ1) is 28.2. The summed E-state index contributed by atoms with van der Waals surface area (Å²) in [6, 6.07) is 14.3. The van der Waals surface area contributed by atoms with Gasteiger partial charge in [0.15, 0.2) is 11.1 Å². The Kier molecular flexibility index (Phi) is 12.2. The topological polar surface area (TPSA) is 191 Å². The van der Waals surface area contributed by atoms with Crippen LogP contribution in [-0.4, -0.2) is 119 Å². The van der Waals surface area contributed by atoms with Crippen molar-refractivity contribution in [3.63, 3.8) is 0 Å². The van der Waals surface area contributed by atoms with Crippen molar-refractivity contribution in [3.8, 4) is 0 Å². The molecule has 0 aromatic carbocycles. The number of esters is 2. The Hall–Kier alpha value is -6.40. The number of anilines is 2. The summed E-state index contributed by atoms with van der Waals surface area (Å²) in [7, 11) is 0. The molecule has 16 nitrogen and oxygen atoms in total. The van der Waals surface area contributed by atoms with Crippen LogP contribution < -0.4 is 20.9 Å². The summed E-state index contributed by atoms with van der Waals surface area (Å²) in [6.07, 6.45) is 3.24. The third kappa shape index (κ3) is 8.19. The number of amides is 2. The first kappa shape index (κ1) is 39.8. The highest BCUT2D eigenvalue weighted by Gasteiger charge is 2.31. The van der Waals surface area contributed by atoms with Crippen LogP contribution in [0.5, 0.6) is 0 Å². The number of H-pyrrole nitrogens is 2. The molecule has 2 amide bonds. The maximum absolute atomic E-state index is 12.7. The van der Waals surface area contributed by atoms with E-state index in [0.717, 1.165) is 0 Å². The monoisotopic (exact) mass is 824 g/mol. The largest absolute Gasteiger partial charge is 0.462 e. The molecule has 0 saturated carbocycles. The van der Waals surface area contributed by atoms with Crippen LogP contribution in [0, 0.1) is 0 Å². The second-order valence-electron chi connectivity index (χ2n) is 13.1. The number of hydrogen-bond donors (Lipinski definition) is 2. The highest BCUT2D eigenvalue weighted by atomic mass is 32.1. The Morgan fingerprint density at radius 3 is 1.34 bits per heavy atom. The van der Waals surface area contributed by atoms with Gasteiger partial charge < -0.3 is 39.0 Å². The summed E-state index contributed by atoms with van der Waals surface area (Å²) >= 11 is 2.83. The van der Waals surface area contributed by atoms with Gasteiger partial charge in [-0.25, -0.2) is 9.59 Å². The molecule has 2 aliphatic rings. The summed E-state index contributed by atoms with van der Waals surface area (Å²) in [4.78, 5) is 98.7. The van der Waals surface area contributed by atoms with Crippen molar-refractivity contribution in [3.05, 3.63) is 113 Å². The van der Waals surface area contributed by atoms with E-state index >= 15 is 0 Å². The fourth-order valence-corrected chi connectivity index (χ4v) is 8.37. The summed E-state index contributed by atoms with van der Waals surface area (Å²) < 4.78 is 10.2. The molecule has 2 fully saturated rings. The number of fused-ring (bicyclic) bond motifs is 2. The lowest BCUT2D eigenvalue weighted by Crippen LogP contribution is -2.49. The fourth-order valence-electron chi connectivity index (χ4n) is 6.99. The predicted octanol–water partition coefficient (Wildman–Crippen LogP) is 4.25. The van der Waals surface area contributed by atoms with Gasteiger partial charge in [0.1, 0.15) is 11.0 Å². The number of ether oxygens (including phenoxy) is 2. The van der Waals surface area contributed by atoms with Gasteiger partial charge in [0.2, 0.25) is 0 Å². The lowest BCUT2D eigenvalue weighted by molar-refractivity contribution is 0.0515. The van der Waals surface area contributed by atoms with Crippen LogP contribution in [0.1, 0.15) is 53.9 Å². The van der Waals surface area contributed by atoms with Crippen LogP contribution in [0.15, 0.2) is 81.3 Å². The average Bonchev–Trinajstić information content (AvgIpc) is 3.99. The quantitative estimate of drug-likeness (QED) is 0.208. The molecule has 8 heterocycles. The van der Waals surface area contributed by atoms with Crippen molar-refractivity contribution in [2.24, 2.45) is 0 Å². The van der Waals surface area contributed by atoms with E-state index in [1.54, 1.807) is 60.3 Å². The van der Waals surface area contributed by atoms with Gasteiger partial charge in [-0.15, -0.1) is 22.7 Å². The van der Waals surface area contributed by atoms with Crippen LogP contribution in [0.3, 0.4) is 0 Å². The molecule has 6 aromatic rings. The van der Waals surface area contributed by atoms with E-state index in [-0.39, 0.29) is 36.2 Å². The van der Waals surface area contributed by atoms with E-state index in [1.807, 2.05) is 44.8 Å². The number of nitrogens with zero attached hydrogens (tertiary/aromatic N) is 6. The lowest BCUT2D eigenvalue weighted by atomic mass is 10.1. The van der Waals surface area contributed by atoms with Crippen molar-refractivity contribution in [1.29, 1.82) is 0 Å². The van der Waals surface area contributed by atoms with E-state index in [0.29, 0.717) is 95.6 Å². The van der Waals surface area contributed by atoms with Gasteiger partial charge in [0, 0.05) is 64.8 Å². The minimum atomic E-state index is -0.673. The molecular weight excluding hydrogens is 785 g/mol. The Balaban J connectivity index is 0.000000177. The van der Waals surface area contributed by atoms with Gasteiger partial charge in [-0.1, -0.05) is 12.1 Å². The zero-order valence-corrected chi connectivity index (χ0v) is 33.4. The SMILES string of the molecule is CCOC(=O)c1c(N2CCN(C(=O)c3cccs3)CC2)c2ncccc2[nH]c1=O.CCOC(=O)c1c(N2CCN(C(=O)c3cccs3)CC2)c2ncccc2[nH]c1=O. The zero-order chi connectivity index (χ0) is 40.8. The number of hydrogen-bond acceptors (Lipinski definition) is 14. The molecule has 0 radical (unpaired) electrons. The van der Waals surface area contributed by atoms with Crippen molar-refractivity contribution < 1.29 is 28.7 Å². The van der Waals surface area contributed by atoms with Gasteiger partial charge in [0.05, 0.1) is 45.4 Å². The van der Waals surface area contributed by atoms with Crippen molar-refractivity contribution in [2.45, 2.75) is 13.8 Å². The highest BCUT2D eigenvalue weighted by Crippen LogP contribution is 2.30. The Morgan fingerprint density at radius 2 is 1.00 bits per heavy atom. The highest BCUT2D eigenvalue weighted by molar-refractivity contribution is 7.12. The fraction of sp³-hybridized carbons (Fsp3) is 0.300. The standard InChI is InChI=1S/2C20H20N4O4S/c2*1-2-28-20(27)15-17(16-13(22-18(15)25)5-3-7-21-16)23-8-10-24(11-9-23)19(26)14-6-4-12-29-14/h2*3-7,12H,2,8-11H2,1H3,(H,22,25). The number of piperazine rings is 2. The van der Waals surface area contributed by atoms with Gasteiger partial charge in [-0.2, -0.15) is 0 Å². The third-order valence-electron chi connectivity index (χ3n) is 9.68. The maximum Gasteiger partial charge on any atom is 0.346 e. The predicted molar refractivity (Wildman–Crippen MR) is 222 cm³/mol. The number of pyridine rings is 4. The lowest BCUT2D eigenvalue weighted by Gasteiger charge is -2.36. The summed E-state index contributed by atoms with van der Waals surface area (Å²) in [5, 5.41) is 3.76. The smallest absolute Gasteiger partial charge is 0.346 e. The van der Waals surface area contributed by atoms with Crippen LogP contribution in [0.4, 0.5) is 11.4 Å². The molecule has 58 heavy (non-hydrogen) atoms. The first-order valence-corrected chi connectivity index (χ1v) is 20.5. The van der Waals surface area contributed by atoms with Crippen molar-refractivity contribution in [1.82, 2.24) is 29.7 Å². The van der Waals surface area contributed by atoms with E-state index in [1.165, 1.54) is 22.7 Å². The van der Waals surface area contributed by atoms with Crippen LogP contribution in [0.2, 0.25) is 0 Å². The maximum atomic E-state index is 12.7. The molecule has 0 spiro atoms. The molecule has 0 atom stereocenters. The summed E-state index contributed by atoms with van der Waals surface area (Å²) in [5.74, 6) is -1.35. The first-order valence-electron chi connectivity index (χ1n) is 18.7. The minimum absolute atomic E-state index is 0.000780. The second-order valence-corrected chi connectivity index (χ2v) is 15.0. The number of nitrogens with one attached hydrogen (secondary N) is 2. The molecule has 6 aromatic heterocycles. The van der Waals surface area contributed by atoms with Crippen LogP contribution in [-0.2, 0) is 9.47 Å². The minimum Gasteiger partial charge on any atom is -0.462 e. The second kappa shape index (κ2) is 17.8. The number of aromatic nitrogens is 4. The van der Waals surface area contributed by atoms with E-state index in [2.05, 4.69) is 19.9 Å². The number of carbonyl (C=O) groups is 4. The van der Waals surface area contributed by atoms with E-state index in [9.17, 15) is 28.8 Å². The molecule has 2 N–H and O–H groups in total. The number of thiophene rings is 2. The van der Waals surface area contributed by atoms with E-state index in [4.69, 9.17) is 9.47 Å². The van der Waals surface area contributed by atoms with Crippen LogP contribution in [0.25, 0.3) is 22.1 Å². The molecule has 0 unspecified atom stereocenters. The average molecular weight is 825 g/mol. The molecule has 8 rings (SSSR count). The third-order valence-corrected chi connectivity index (χ3v) is 11.4. The van der Waals surface area contributed by atoms with Crippen molar-refractivity contribution >= 4 is 79.9 Å². The molecule has 0 bridgehead atoms. The molecule has 18 heteroatoms. The van der Waals surface area contributed by atoms with Gasteiger partial charge in [0.25, 0.3) is 22.9 Å². The Morgan fingerprint density at radius 1 is 0.603 bits per heavy atom. The van der Waals surface area contributed by atoms with Gasteiger partial charge in [-0.05, 0) is 61.0 Å². The summed E-state index contributed by atoms with van der Waals surface area (Å²) in [6.45, 7) is 7.61. The van der Waals surface area contributed by atoms with E-state index < -0.39 is 23.1 Å². The number of aromatic amines is 2. The summed E-state index contributed by atoms with van der Waals surface area (Å²) in [5.41, 5.74) is 2.01. The molecule has 0 aliphatic carbocycles. The van der Waals surface area contributed by atoms with Gasteiger partial charge >= 0.3 is 11.9 Å². The Labute approximate surface area is 339 Å². The molecule has 300 valence electrons. The van der Waals surface area contributed by atoms with Crippen LogP contribution >= 0.6 is 22.7 Å². The molecule has 2 saturated heterocycles. The van der Waals surface area contributed by atoms with Gasteiger partial charge in [-0.3, -0.25) is 29.1 Å². The Bertz CT molecular complexity index is 2380. The van der Waals surface area contributed by atoms with Crippen molar-refractivity contribution in [2.75, 3.05) is 75.4 Å². The number of carbonyl (C=O) groups excluding carboxylic acids is 4. The molecule has 2 aliphatic heterocycles. The number of rotatable bonds is 8. The molecular formula is C40H40N8O8S2. The normalized spacial score (nSPS) is 14.2.